The number of hydrogen-bond donors (Lipinski definition) is 3. The number of ether oxygens (including phenoxy) is 1. The van der Waals surface area contributed by atoms with Gasteiger partial charge in [0.25, 0.3) is 0 Å². The SMILES string of the molecule is Cc1ccc(OCc2ccc(C(=O)O)o2)c(NC=C(C#N)c2nn[nH]n2)c1. The van der Waals surface area contributed by atoms with Gasteiger partial charge in [0.05, 0.1) is 5.69 Å². The third kappa shape index (κ3) is 4.29. The molecule has 3 rings (SSSR count). The Bertz CT molecular complexity index is 1020. The summed E-state index contributed by atoms with van der Waals surface area (Å²) in [6.45, 7) is 1.96. The molecule has 0 bridgehead atoms. The van der Waals surface area contributed by atoms with E-state index in [1.807, 2.05) is 25.1 Å². The van der Waals surface area contributed by atoms with Crippen LogP contribution >= 0.6 is 0 Å². The minimum absolute atomic E-state index is 0.0463. The lowest BCUT2D eigenvalue weighted by Crippen LogP contribution is -2.00. The second kappa shape index (κ2) is 7.83. The monoisotopic (exact) mass is 366 g/mol. The quantitative estimate of drug-likeness (QED) is 0.535. The van der Waals surface area contributed by atoms with E-state index in [1.54, 1.807) is 6.07 Å². The Morgan fingerprint density at radius 3 is 2.96 bits per heavy atom. The molecule has 0 spiro atoms. The first-order chi connectivity index (χ1) is 13.1. The lowest BCUT2D eigenvalue weighted by molar-refractivity contribution is 0.0658. The van der Waals surface area contributed by atoms with Crippen molar-refractivity contribution in [1.29, 1.82) is 5.26 Å². The smallest absolute Gasteiger partial charge is 0.371 e. The van der Waals surface area contributed by atoms with E-state index in [-0.39, 0.29) is 23.8 Å². The molecule has 0 amide bonds. The average Bonchev–Trinajstić information content (AvgIpc) is 3.33. The lowest BCUT2D eigenvalue weighted by Gasteiger charge is -2.11. The largest absolute Gasteiger partial charge is 0.483 e. The molecule has 0 unspecified atom stereocenters. The van der Waals surface area contributed by atoms with Crippen molar-refractivity contribution in [2.24, 2.45) is 0 Å². The van der Waals surface area contributed by atoms with E-state index >= 15 is 0 Å². The second-order valence-corrected chi connectivity index (χ2v) is 5.41. The highest BCUT2D eigenvalue weighted by Crippen LogP contribution is 2.27. The number of allylic oxidation sites excluding steroid dienone is 1. The predicted molar refractivity (Wildman–Crippen MR) is 92.6 cm³/mol. The zero-order valence-electron chi connectivity index (χ0n) is 14.1. The molecule has 0 saturated heterocycles. The van der Waals surface area contributed by atoms with Crippen LogP contribution in [0, 0.1) is 18.3 Å². The standard InChI is InChI=1S/C17H14N6O4/c1-10-2-4-14(26-9-12-3-5-15(27-12)17(24)25)13(6-10)19-8-11(7-18)16-20-22-23-21-16/h2-6,8,19H,9H2,1H3,(H,24,25)(H,20,21,22,23). The molecule has 0 fully saturated rings. The topological polar surface area (TPSA) is 150 Å². The lowest BCUT2D eigenvalue weighted by atomic mass is 10.2. The van der Waals surface area contributed by atoms with Gasteiger partial charge in [-0.3, -0.25) is 0 Å². The van der Waals surface area contributed by atoms with Gasteiger partial charge in [-0.15, -0.1) is 10.2 Å². The van der Waals surface area contributed by atoms with Crippen LogP contribution in [-0.4, -0.2) is 31.7 Å². The van der Waals surface area contributed by atoms with Crippen molar-refractivity contribution in [3.8, 4) is 11.8 Å². The maximum absolute atomic E-state index is 10.9. The zero-order chi connectivity index (χ0) is 19.2. The van der Waals surface area contributed by atoms with Crippen LogP contribution in [0.15, 0.2) is 40.9 Å². The van der Waals surface area contributed by atoms with E-state index < -0.39 is 5.97 Å². The molecule has 27 heavy (non-hydrogen) atoms. The number of aromatic carboxylic acids is 1. The molecule has 0 atom stereocenters. The number of H-pyrrole nitrogens is 1. The van der Waals surface area contributed by atoms with E-state index in [0.29, 0.717) is 17.2 Å². The van der Waals surface area contributed by atoms with Crippen LogP contribution in [0.4, 0.5) is 5.69 Å². The Balaban J connectivity index is 1.76. The molecule has 10 nitrogen and oxygen atoms in total. The molecule has 0 radical (unpaired) electrons. The average molecular weight is 366 g/mol. The summed E-state index contributed by atoms with van der Waals surface area (Å²) < 4.78 is 10.9. The molecule has 3 aromatic rings. The fourth-order valence-corrected chi connectivity index (χ4v) is 2.17. The number of nitriles is 1. The van der Waals surface area contributed by atoms with E-state index in [0.717, 1.165) is 5.56 Å². The summed E-state index contributed by atoms with van der Waals surface area (Å²) in [6, 6.07) is 10.3. The summed E-state index contributed by atoms with van der Waals surface area (Å²) in [7, 11) is 0. The number of carbonyl (C=O) groups is 1. The van der Waals surface area contributed by atoms with Gasteiger partial charge in [0.1, 0.15) is 29.8 Å². The number of tetrazole rings is 1. The number of hydrogen-bond acceptors (Lipinski definition) is 8. The summed E-state index contributed by atoms with van der Waals surface area (Å²) in [4.78, 5) is 10.9. The number of aromatic amines is 1. The van der Waals surface area contributed by atoms with Crippen molar-refractivity contribution in [2.45, 2.75) is 13.5 Å². The van der Waals surface area contributed by atoms with Gasteiger partial charge in [0, 0.05) is 6.20 Å². The van der Waals surface area contributed by atoms with Crippen molar-refractivity contribution < 1.29 is 19.1 Å². The molecule has 0 aliphatic carbocycles. The van der Waals surface area contributed by atoms with Gasteiger partial charge < -0.3 is 19.6 Å². The predicted octanol–water partition coefficient (Wildman–Crippen LogP) is 2.35. The number of furan rings is 1. The number of nitrogens with one attached hydrogen (secondary N) is 2. The molecule has 3 N–H and O–H groups in total. The maximum Gasteiger partial charge on any atom is 0.371 e. The van der Waals surface area contributed by atoms with Crippen molar-refractivity contribution in [2.75, 3.05) is 5.32 Å². The van der Waals surface area contributed by atoms with Crippen LogP contribution < -0.4 is 10.1 Å². The molecule has 2 aromatic heterocycles. The minimum atomic E-state index is -1.14. The summed E-state index contributed by atoms with van der Waals surface area (Å²) in [5.74, 6) is -0.265. The molecule has 10 heteroatoms. The van der Waals surface area contributed by atoms with Crippen molar-refractivity contribution in [3.05, 3.63) is 59.4 Å². The molecular weight excluding hydrogens is 352 g/mol. The first-order valence-corrected chi connectivity index (χ1v) is 7.73. The Morgan fingerprint density at radius 2 is 2.30 bits per heavy atom. The van der Waals surface area contributed by atoms with Gasteiger partial charge in [-0.05, 0) is 42.0 Å². The Kier molecular flexibility index (Phi) is 5.13. The minimum Gasteiger partial charge on any atom is -0.483 e. The first kappa shape index (κ1) is 17.7. The Labute approximate surface area is 153 Å². The Morgan fingerprint density at radius 1 is 1.44 bits per heavy atom. The number of carboxylic acid groups (broad SMARTS) is 1. The number of anilines is 1. The van der Waals surface area contributed by atoms with Crippen LogP contribution in [-0.2, 0) is 6.61 Å². The summed E-state index contributed by atoms with van der Waals surface area (Å²) in [5, 5.41) is 34.3. The third-order valence-corrected chi connectivity index (χ3v) is 3.46. The van der Waals surface area contributed by atoms with Gasteiger partial charge in [-0.2, -0.15) is 10.5 Å². The molecule has 0 aliphatic heterocycles. The number of benzene rings is 1. The fraction of sp³-hybridized carbons (Fsp3) is 0.118. The van der Waals surface area contributed by atoms with Gasteiger partial charge in [0.2, 0.25) is 11.6 Å². The van der Waals surface area contributed by atoms with E-state index in [9.17, 15) is 10.1 Å². The number of aromatic nitrogens is 4. The third-order valence-electron chi connectivity index (χ3n) is 3.46. The number of rotatable bonds is 7. The van der Waals surface area contributed by atoms with Crippen LogP contribution in [0.2, 0.25) is 0 Å². The second-order valence-electron chi connectivity index (χ2n) is 5.41. The highest BCUT2D eigenvalue weighted by atomic mass is 16.5. The number of carboxylic acids is 1. The van der Waals surface area contributed by atoms with Gasteiger partial charge in [-0.25, -0.2) is 4.79 Å². The Hall–Kier alpha value is -4.13. The normalized spacial score (nSPS) is 11.0. The highest BCUT2D eigenvalue weighted by molar-refractivity contribution is 5.84. The van der Waals surface area contributed by atoms with Gasteiger partial charge in [-0.1, -0.05) is 6.07 Å². The molecule has 136 valence electrons. The molecular formula is C17H14N6O4. The summed E-state index contributed by atoms with van der Waals surface area (Å²) >= 11 is 0. The highest BCUT2D eigenvalue weighted by Gasteiger charge is 2.11. The van der Waals surface area contributed by atoms with Crippen LogP contribution in [0.25, 0.3) is 5.57 Å². The number of aryl methyl sites for hydroxylation is 1. The van der Waals surface area contributed by atoms with E-state index in [2.05, 4.69) is 25.9 Å². The molecule has 1 aromatic carbocycles. The maximum atomic E-state index is 10.9. The van der Waals surface area contributed by atoms with Gasteiger partial charge >= 0.3 is 5.97 Å². The zero-order valence-corrected chi connectivity index (χ0v) is 14.1. The van der Waals surface area contributed by atoms with Crippen LogP contribution in [0.5, 0.6) is 5.75 Å². The first-order valence-electron chi connectivity index (χ1n) is 7.73. The fourth-order valence-electron chi connectivity index (χ4n) is 2.17. The van der Waals surface area contributed by atoms with Crippen LogP contribution in [0.3, 0.4) is 0 Å². The van der Waals surface area contributed by atoms with E-state index in [1.165, 1.54) is 18.3 Å². The molecule has 2 heterocycles. The van der Waals surface area contributed by atoms with Crippen molar-refractivity contribution in [3.63, 3.8) is 0 Å². The molecule has 0 saturated carbocycles. The van der Waals surface area contributed by atoms with Crippen molar-refractivity contribution in [1.82, 2.24) is 20.6 Å². The van der Waals surface area contributed by atoms with Gasteiger partial charge in [0.15, 0.2) is 0 Å². The summed E-state index contributed by atoms with van der Waals surface area (Å²) in [6.07, 6.45) is 1.45. The summed E-state index contributed by atoms with van der Waals surface area (Å²) in [5.41, 5.74) is 1.77. The van der Waals surface area contributed by atoms with Crippen LogP contribution in [0.1, 0.15) is 27.7 Å². The van der Waals surface area contributed by atoms with Crippen molar-refractivity contribution >= 4 is 17.2 Å². The van der Waals surface area contributed by atoms with E-state index in [4.69, 9.17) is 14.3 Å². The molecule has 0 aliphatic rings. The number of nitrogens with zero attached hydrogens (tertiary/aromatic N) is 4.